The molecule has 0 spiro atoms. The normalized spacial score (nSPS) is 12.3. The van der Waals surface area contributed by atoms with Gasteiger partial charge in [0.05, 0.1) is 6.54 Å². The van der Waals surface area contributed by atoms with Gasteiger partial charge in [-0.25, -0.2) is 0 Å². The quantitative estimate of drug-likeness (QED) is 0.254. The van der Waals surface area contributed by atoms with Crippen molar-refractivity contribution in [2.75, 3.05) is 13.6 Å². The van der Waals surface area contributed by atoms with E-state index in [0.29, 0.717) is 25.7 Å². The van der Waals surface area contributed by atoms with E-state index in [-0.39, 0.29) is 18.3 Å². The largest absolute Gasteiger partial charge is 0.409 e. The molecule has 0 fully saturated rings. The topological polar surface area (TPSA) is 122 Å². The van der Waals surface area contributed by atoms with Gasteiger partial charge in [-0.15, -0.1) is 0 Å². The maximum atomic E-state index is 12.5. The Morgan fingerprint density at radius 2 is 1.68 bits per heavy atom. The van der Waals surface area contributed by atoms with Gasteiger partial charge >= 0.3 is 0 Å². The molecule has 0 aliphatic heterocycles. The highest BCUT2D eigenvalue weighted by Gasteiger charge is 2.43. The first-order valence-electron chi connectivity index (χ1n) is 6.37. The third kappa shape index (κ3) is 4.11. The molecule has 7 heteroatoms. The summed E-state index contributed by atoms with van der Waals surface area (Å²) < 4.78 is 0. The molecule has 0 saturated heterocycles. The molecule has 0 aliphatic rings. The number of amidine groups is 1. The molecule has 0 unspecified atom stereocenters. The number of primary amides is 1. The van der Waals surface area contributed by atoms with Gasteiger partial charge in [0, 0.05) is 7.05 Å². The average molecular weight is 272 g/mol. The molecule has 0 heterocycles. The number of oxime groups is 1. The summed E-state index contributed by atoms with van der Waals surface area (Å²) in [5, 5.41) is 11.9. The van der Waals surface area contributed by atoms with Crippen molar-refractivity contribution in [2.45, 2.75) is 39.5 Å². The Bertz CT molecular complexity index is 349. The van der Waals surface area contributed by atoms with Crippen molar-refractivity contribution in [3.63, 3.8) is 0 Å². The van der Waals surface area contributed by atoms with Gasteiger partial charge in [0.1, 0.15) is 5.41 Å². The smallest absolute Gasteiger partial charge is 0.237 e. The maximum absolute atomic E-state index is 12.5. The van der Waals surface area contributed by atoms with Gasteiger partial charge in [-0.2, -0.15) is 0 Å². The van der Waals surface area contributed by atoms with E-state index in [1.54, 1.807) is 0 Å². The maximum Gasteiger partial charge on any atom is 0.237 e. The van der Waals surface area contributed by atoms with Gasteiger partial charge in [-0.1, -0.05) is 31.8 Å². The van der Waals surface area contributed by atoms with E-state index in [9.17, 15) is 9.59 Å². The summed E-state index contributed by atoms with van der Waals surface area (Å²) in [6, 6.07) is 0. The molecule has 110 valence electrons. The van der Waals surface area contributed by atoms with Gasteiger partial charge in [0.2, 0.25) is 11.8 Å². The first-order valence-corrected chi connectivity index (χ1v) is 6.37. The second-order valence-electron chi connectivity index (χ2n) is 4.69. The van der Waals surface area contributed by atoms with E-state index >= 15 is 0 Å². The number of carbonyl (C=O) groups excluding carboxylic acids is 2. The van der Waals surface area contributed by atoms with Gasteiger partial charge in [0.25, 0.3) is 0 Å². The molecule has 7 nitrogen and oxygen atoms in total. The van der Waals surface area contributed by atoms with Crippen LogP contribution in [0.5, 0.6) is 0 Å². The predicted octanol–water partition coefficient (Wildman–Crippen LogP) is 0.263. The molecular weight excluding hydrogens is 248 g/mol. The van der Waals surface area contributed by atoms with E-state index in [1.807, 2.05) is 13.8 Å². The Balaban J connectivity index is 5.42. The molecule has 19 heavy (non-hydrogen) atoms. The van der Waals surface area contributed by atoms with Gasteiger partial charge in [-0.05, 0) is 12.8 Å². The van der Waals surface area contributed by atoms with Crippen molar-refractivity contribution >= 4 is 17.6 Å². The van der Waals surface area contributed by atoms with Crippen molar-refractivity contribution in [2.24, 2.45) is 22.0 Å². The van der Waals surface area contributed by atoms with Crippen LogP contribution in [0.15, 0.2) is 5.16 Å². The lowest BCUT2D eigenvalue weighted by Crippen LogP contribution is -2.52. The van der Waals surface area contributed by atoms with E-state index < -0.39 is 11.3 Å². The number of nitrogens with zero attached hydrogens (tertiary/aromatic N) is 2. The number of carbonyl (C=O) groups is 2. The molecule has 5 N–H and O–H groups in total. The summed E-state index contributed by atoms with van der Waals surface area (Å²) in [5.74, 6) is -1.06. The van der Waals surface area contributed by atoms with Crippen molar-refractivity contribution in [3.8, 4) is 0 Å². The third-order valence-corrected chi connectivity index (χ3v) is 3.10. The standard InChI is InChI=1S/C12H24N4O3/c1-4-6-12(7-5-2,10(14)15-19)11(18)16(3)8-9(13)17/h19H,4-8H2,1-3H3,(H2,13,17)(H2,14,15). The molecule has 0 aromatic carbocycles. The Kier molecular flexibility index (Phi) is 6.89. The molecule has 0 radical (unpaired) electrons. The molecular formula is C12H24N4O3. The summed E-state index contributed by atoms with van der Waals surface area (Å²) in [5.41, 5.74) is 9.75. The minimum absolute atomic E-state index is 0.113. The zero-order valence-corrected chi connectivity index (χ0v) is 11.8. The average Bonchev–Trinajstić information content (AvgIpc) is 2.35. The lowest BCUT2D eigenvalue weighted by molar-refractivity contribution is -0.140. The molecule has 0 aromatic rings. The van der Waals surface area contributed by atoms with Crippen molar-refractivity contribution in [1.82, 2.24) is 4.90 Å². The molecule has 0 rings (SSSR count). The molecule has 0 aromatic heterocycles. The van der Waals surface area contributed by atoms with E-state index in [1.165, 1.54) is 11.9 Å². The molecule has 0 bridgehead atoms. The number of rotatable bonds is 8. The first-order chi connectivity index (χ1) is 8.85. The molecule has 0 aliphatic carbocycles. The summed E-state index contributed by atoms with van der Waals surface area (Å²) in [6.45, 7) is 3.64. The zero-order chi connectivity index (χ0) is 15.1. The monoisotopic (exact) mass is 272 g/mol. The van der Waals surface area contributed by atoms with Crippen molar-refractivity contribution in [3.05, 3.63) is 0 Å². The number of hydrogen-bond acceptors (Lipinski definition) is 4. The van der Waals surface area contributed by atoms with Crippen LogP contribution in [0.1, 0.15) is 39.5 Å². The van der Waals surface area contributed by atoms with Crippen molar-refractivity contribution in [1.29, 1.82) is 0 Å². The second kappa shape index (κ2) is 7.60. The summed E-state index contributed by atoms with van der Waals surface area (Å²) in [6.07, 6.45) is 2.32. The van der Waals surface area contributed by atoms with E-state index in [0.717, 1.165) is 0 Å². The minimum atomic E-state index is -1.07. The van der Waals surface area contributed by atoms with E-state index in [2.05, 4.69) is 5.16 Å². The number of likely N-dealkylation sites (N-methyl/N-ethyl adjacent to an activating group) is 1. The van der Waals surface area contributed by atoms with E-state index in [4.69, 9.17) is 16.7 Å². The predicted molar refractivity (Wildman–Crippen MR) is 72.5 cm³/mol. The Morgan fingerprint density at radius 1 is 1.21 bits per heavy atom. The van der Waals surface area contributed by atoms with Crippen LogP contribution in [-0.4, -0.2) is 41.3 Å². The van der Waals surface area contributed by atoms with Crippen LogP contribution >= 0.6 is 0 Å². The molecule has 2 amide bonds. The fraction of sp³-hybridized carbons (Fsp3) is 0.750. The number of amides is 2. The molecule has 0 atom stereocenters. The SMILES string of the molecule is CCCC(CCC)(C(=O)N(C)CC(N)=O)C(N)=NO. The van der Waals surface area contributed by atoms with Crippen LogP contribution in [0.3, 0.4) is 0 Å². The second-order valence-corrected chi connectivity index (χ2v) is 4.69. The van der Waals surface area contributed by atoms with Crippen LogP contribution in [0.4, 0.5) is 0 Å². The van der Waals surface area contributed by atoms with Crippen LogP contribution < -0.4 is 11.5 Å². The highest BCUT2D eigenvalue weighted by atomic mass is 16.4. The molecule has 0 saturated carbocycles. The Labute approximate surface area is 113 Å². The van der Waals surface area contributed by atoms with Crippen molar-refractivity contribution < 1.29 is 14.8 Å². The fourth-order valence-corrected chi connectivity index (χ4v) is 2.32. The van der Waals surface area contributed by atoms with Crippen LogP contribution in [0.2, 0.25) is 0 Å². The Hall–Kier alpha value is -1.79. The van der Waals surface area contributed by atoms with Gasteiger partial charge in [0.15, 0.2) is 5.84 Å². The zero-order valence-electron chi connectivity index (χ0n) is 11.8. The highest BCUT2D eigenvalue weighted by Crippen LogP contribution is 2.32. The summed E-state index contributed by atoms with van der Waals surface area (Å²) in [7, 11) is 1.48. The fourth-order valence-electron chi connectivity index (χ4n) is 2.32. The lowest BCUT2D eigenvalue weighted by Gasteiger charge is -2.34. The number of nitrogens with two attached hydrogens (primary N) is 2. The van der Waals surface area contributed by atoms with Crippen LogP contribution in [0, 0.1) is 5.41 Å². The Morgan fingerprint density at radius 3 is 2.00 bits per heavy atom. The highest BCUT2D eigenvalue weighted by molar-refractivity contribution is 6.07. The number of hydrogen-bond donors (Lipinski definition) is 3. The van der Waals surface area contributed by atoms with Crippen LogP contribution in [0.25, 0.3) is 0 Å². The summed E-state index contributed by atoms with van der Waals surface area (Å²) in [4.78, 5) is 24.7. The first kappa shape index (κ1) is 17.2. The minimum Gasteiger partial charge on any atom is -0.409 e. The summed E-state index contributed by atoms with van der Waals surface area (Å²) >= 11 is 0. The van der Waals surface area contributed by atoms with Gasteiger partial charge < -0.3 is 21.6 Å². The van der Waals surface area contributed by atoms with Gasteiger partial charge in [-0.3, -0.25) is 9.59 Å². The third-order valence-electron chi connectivity index (χ3n) is 3.10. The van der Waals surface area contributed by atoms with Crippen LogP contribution in [-0.2, 0) is 9.59 Å². The lowest BCUT2D eigenvalue weighted by atomic mass is 9.76.